The first-order valence-corrected chi connectivity index (χ1v) is 8.75. The van der Waals surface area contributed by atoms with Crippen LogP contribution in [-0.2, 0) is 22.7 Å². The molecule has 1 amide bonds. The fourth-order valence-electron chi connectivity index (χ4n) is 2.63. The predicted molar refractivity (Wildman–Crippen MR) is 97.7 cm³/mol. The maximum Gasteiger partial charge on any atom is 0.416 e. The Morgan fingerprint density at radius 2 is 1.45 bits per heavy atom. The number of hydrogen-bond donors (Lipinski definition) is 3. The number of carbonyl (C=O) groups is 1. The van der Waals surface area contributed by atoms with E-state index in [1.165, 1.54) is 0 Å². The SMILES string of the molecule is O=C(N[C@@](CO)([C@@H](CO)OCc1ccccc1)C(F)(F)F)OCc1ccccc1. The number of nitrogens with one attached hydrogen (secondary N) is 1. The largest absolute Gasteiger partial charge is 0.445 e. The summed E-state index contributed by atoms with van der Waals surface area (Å²) in [5, 5.41) is 20.7. The Hall–Kier alpha value is -2.62. The van der Waals surface area contributed by atoms with Gasteiger partial charge in [0.1, 0.15) is 12.7 Å². The highest BCUT2D eigenvalue weighted by molar-refractivity contribution is 5.68. The van der Waals surface area contributed by atoms with Crippen LogP contribution < -0.4 is 5.32 Å². The number of carbonyl (C=O) groups excluding carboxylic acids is 1. The van der Waals surface area contributed by atoms with E-state index in [0.717, 1.165) is 0 Å². The molecular weight excluding hydrogens is 391 g/mol. The van der Waals surface area contributed by atoms with Crippen molar-refractivity contribution in [2.24, 2.45) is 0 Å². The van der Waals surface area contributed by atoms with Crippen molar-refractivity contribution in [2.75, 3.05) is 13.2 Å². The second kappa shape index (κ2) is 10.2. The van der Waals surface area contributed by atoms with Gasteiger partial charge in [0, 0.05) is 0 Å². The van der Waals surface area contributed by atoms with Crippen LogP contribution in [0.3, 0.4) is 0 Å². The van der Waals surface area contributed by atoms with E-state index in [2.05, 4.69) is 0 Å². The number of benzene rings is 2. The van der Waals surface area contributed by atoms with Gasteiger partial charge in [-0.3, -0.25) is 0 Å². The zero-order valence-electron chi connectivity index (χ0n) is 15.4. The molecule has 6 nitrogen and oxygen atoms in total. The van der Waals surface area contributed by atoms with Gasteiger partial charge < -0.3 is 25.0 Å². The molecule has 0 aliphatic heterocycles. The third kappa shape index (κ3) is 5.93. The van der Waals surface area contributed by atoms with E-state index in [0.29, 0.717) is 11.1 Å². The van der Waals surface area contributed by atoms with E-state index in [1.807, 2.05) is 0 Å². The molecule has 0 radical (unpaired) electrons. The van der Waals surface area contributed by atoms with Crippen LogP contribution in [0.4, 0.5) is 18.0 Å². The molecule has 158 valence electrons. The van der Waals surface area contributed by atoms with Crippen molar-refractivity contribution in [1.29, 1.82) is 0 Å². The van der Waals surface area contributed by atoms with E-state index >= 15 is 0 Å². The first kappa shape index (κ1) is 22.7. The van der Waals surface area contributed by atoms with Crippen molar-refractivity contribution < 1.29 is 37.7 Å². The molecule has 0 aromatic heterocycles. The molecule has 0 saturated heterocycles. The molecule has 2 rings (SSSR count). The van der Waals surface area contributed by atoms with Gasteiger partial charge in [0.2, 0.25) is 0 Å². The first-order valence-electron chi connectivity index (χ1n) is 8.75. The van der Waals surface area contributed by atoms with Gasteiger partial charge in [-0.15, -0.1) is 0 Å². The van der Waals surface area contributed by atoms with E-state index in [1.54, 1.807) is 66.0 Å². The van der Waals surface area contributed by atoms with E-state index in [4.69, 9.17) is 9.47 Å². The van der Waals surface area contributed by atoms with Crippen molar-refractivity contribution >= 4 is 6.09 Å². The van der Waals surface area contributed by atoms with E-state index in [-0.39, 0.29) is 13.2 Å². The van der Waals surface area contributed by atoms with Crippen LogP contribution in [0, 0.1) is 0 Å². The Kier molecular flexibility index (Phi) is 8.00. The van der Waals surface area contributed by atoms with Crippen LogP contribution in [0.1, 0.15) is 11.1 Å². The van der Waals surface area contributed by atoms with Gasteiger partial charge >= 0.3 is 12.3 Å². The summed E-state index contributed by atoms with van der Waals surface area (Å²) in [5.74, 6) is 0. The van der Waals surface area contributed by atoms with Gasteiger partial charge in [-0.2, -0.15) is 13.2 Å². The second-order valence-corrected chi connectivity index (χ2v) is 6.28. The monoisotopic (exact) mass is 413 g/mol. The molecule has 9 heteroatoms. The van der Waals surface area contributed by atoms with Gasteiger partial charge in [-0.05, 0) is 11.1 Å². The standard InChI is InChI=1S/C20H22F3NO5/c21-20(22,23)19(14-26,17(11-25)28-12-15-7-3-1-4-8-15)24-18(27)29-13-16-9-5-2-6-10-16/h1-10,17,25-26H,11-14H2,(H,24,27)/t17-,19+/m1/s1. The number of alkyl halides is 3. The Morgan fingerprint density at radius 3 is 1.90 bits per heavy atom. The Labute approximate surface area is 165 Å². The second-order valence-electron chi connectivity index (χ2n) is 6.28. The Balaban J connectivity index is 2.13. The highest BCUT2D eigenvalue weighted by atomic mass is 19.4. The summed E-state index contributed by atoms with van der Waals surface area (Å²) in [6.45, 7) is -3.16. The highest BCUT2D eigenvalue weighted by Crippen LogP contribution is 2.35. The fraction of sp³-hybridized carbons (Fsp3) is 0.350. The van der Waals surface area contributed by atoms with Crippen LogP contribution in [0.5, 0.6) is 0 Å². The number of aliphatic hydroxyl groups is 2. The van der Waals surface area contributed by atoms with Crippen molar-refractivity contribution in [3.05, 3.63) is 71.8 Å². The zero-order valence-corrected chi connectivity index (χ0v) is 15.4. The molecule has 0 saturated carbocycles. The summed E-state index contributed by atoms with van der Waals surface area (Å²) in [6.07, 6.45) is -8.49. The fourth-order valence-corrected chi connectivity index (χ4v) is 2.63. The van der Waals surface area contributed by atoms with E-state index in [9.17, 15) is 28.2 Å². The van der Waals surface area contributed by atoms with Gasteiger partial charge in [0.05, 0.1) is 19.8 Å². The minimum absolute atomic E-state index is 0.259. The van der Waals surface area contributed by atoms with Crippen LogP contribution in [-0.4, -0.2) is 47.3 Å². The molecule has 2 atom stereocenters. The average Bonchev–Trinajstić information content (AvgIpc) is 2.72. The summed E-state index contributed by atoms with van der Waals surface area (Å²) in [4.78, 5) is 12.1. The van der Waals surface area contributed by atoms with Gasteiger partial charge in [-0.1, -0.05) is 60.7 Å². The molecule has 0 unspecified atom stereocenters. The summed E-state index contributed by atoms with van der Waals surface area (Å²) >= 11 is 0. The van der Waals surface area contributed by atoms with Crippen LogP contribution in [0.15, 0.2) is 60.7 Å². The minimum Gasteiger partial charge on any atom is -0.445 e. The average molecular weight is 413 g/mol. The quantitative estimate of drug-likeness (QED) is 0.589. The van der Waals surface area contributed by atoms with Crippen LogP contribution in [0.2, 0.25) is 0 Å². The normalized spacial score (nSPS) is 14.7. The number of ether oxygens (including phenoxy) is 2. The predicted octanol–water partition coefficient (Wildman–Crippen LogP) is 2.78. The molecule has 0 fully saturated rings. The van der Waals surface area contributed by atoms with Crippen molar-refractivity contribution in [2.45, 2.75) is 31.0 Å². The highest BCUT2D eigenvalue weighted by Gasteiger charge is 2.61. The Bertz CT molecular complexity index is 758. The van der Waals surface area contributed by atoms with Gasteiger partial charge in [-0.25, -0.2) is 4.79 Å². The summed E-state index contributed by atoms with van der Waals surface area (Å²) < 4.78 is 51.6. The number of amides is 1. The lowest BCUT2D eigenvalue weighted by atomic mass is 9.92. The summed E-state index contributed by atoms with van der Waals surface area (Å²) in [7, 11) is 0. The molecule has 0 bridgehead atoms. The van der Waals surface area contributed by atoms with Crippen molar-refractivity contribution in [1.82, 2.24) is 5.32 Å². The van der Waals surface area contributed by atoms with Gasteiger partial charge in [0.25, 0.3) is 0 Å². The lowest BCUT2D eigenvalue weighted by molar-refractivity contribution is -0.245. The zero-order chi connectivity index (χ0) is 21.3. The molecule has 0 heterocycles. The van der Waals surface area contributed by atoms with Crippen LogP contribution >= 0.6 is 0 Å². The van der Waals surface area contributed by atoms with Gasteiger partial charge in [0.15, 0.2) is 5.54 Å². The summed E-state index contributed by atoms with van der Waals surface area (Å²) in [6, 6.07) is 16.7. The van der Waals surface area contributed by atoms with E-state index < -0.39 is 37.1 Å². The maximum atomic E-state index is 13.8. The third-order valence-corrected chi connectivity index (χ3v) is 4.30. The van der Waals surface area contributed by atoms with Crippen molar-refractivity contribution in [3.8, 4) is 0 Å². The molecule has 0 aliphatic carbocycles. The Morgan fingerprint density at radius 1 is 0.931 bits per heavy atom. The lowest BCUT2D eigenvalue weighted by Crippen LogP contribution is -2.69. The molecule has 2 aromatic carbocycles. The topological polar surface area (TPSA) is 88.0 Å². The number of rotatable bonds is 9. The minimum atomic E-state index is -5.13. The molecular formula is C20H22F3NO5. The number of halogens is 3. The smallest absolute Gasteiger partial charge is 0.416 e. The lowest BCUT2D eigenvalue weighted by Gasteiger charge is -2.39. The van der Waals surface area contributed by atoms with Crippen LogP contribution in [0.25, 0.3) is 0 Å². The molecule has 29 heavy (non-hydrogen) atoms. The number of aliphatic hydroxyl groups excluding tert-OH is 2. The first-order chi connectivity index (χ1) is 13.8. The molecule has 0 spiro atoms. The molecule has 2 aromatic rings. The number of alkyl carbamates (subject to hydrolysis) is 1. The third-order valence-electron chi connectivity index (χ3n) is 4.30. The van der Waals surface area contributed by atoms with Crippen molar-refractivity contribution in [3.63, 3.8) is 0 Å². The maximum absolute atomic E-state index is 13.8. The number of hydrogen-bond acceptors (Lipinski definition) is 5. The summed E-state index contributed by atoms with van der Waals surface area (Å²) in [5.41, 5.74) is -2.11. The molecule has 3 N–H and O–H groups in total. The molecule has 0 aliphatic rings.